The van der Waals surface area contributed by atoms with Gasteiger partial charge in [0.1, 0.15) is 13.3 Å². The van der Waals surface area contributed by atoms with E-state index >= 15 is 0 Å². The first kappa shape index (κ1) is 12.5. The van der Waals surface area contributed by atoms with Crippen molar-refractivity contribution in [3.8, 4) is 0 Å². The number of ether oxygens (including phenoxy) is 1. The van der Waals surface area contributed by atoms with Crippen LogP contribution >= 0.6 is 0 Å². The summed E-state index contributed by atoms with van der Waals surface area (Å²) >= 11 is 0. The van der Waals surface area contributed by atoms with Crippen LogP contribution in [0.4, 0.5) is 30.7 Å². The summed E-state index contributed by atoms with van der Waals surface area (Å²) in [5.74, 6) is 0. The standard InChI is InChI=1S/C5H5F7O/c6-1-3(5(10,11)12)13-2-4(7,8)9/h3H,1-2H2. The number of hydrogen-bond donors (Lipinski definition) is 0. The molecular weight excluding hydrogens is 209 g/mol. The van der Waals surface area contributed by atoms with Crippen molar-refractivity contribution in [3.63, 3.8) is 0 Å². The van der Waals surface area contributed by atoms with Crippen molar-refractivity contribution in [1.82, 2.24) is 0 Å². The van der Waals surface area contributed by atoms with Crippen LogP contribution in [0.5, 0.6) is 0 Å². The van der Waals surface area contributed by atoms with E-state index in [0.29, 0.717) is 0 Å². The van der Waals surface area contributed by atoms with E-state index in [4.69, 9.17) is 0 Å². The molecule has 80 valence electrons. The summed E-state index contributed by atoms with van der Waals surface area (Å²) in [6.45, 7) is -4.14. The van der Waals surface area contributed by atoms with Crippen LogP contribution in [0.15, 0.2) is 0 Å². The Morgan fingerprint density at radius 3 is 1.69 bits per heavy atom. The molecule has 1 nitrogen and oxygen atoms in total. The van der Waals surface area contributed by atoms with Crippen LogP contribution in [-0.2, 0) is 4.74 Å². The fourth-order valence-electron chi connectivity index (χ4n) is 0.422. The van der Waals surface area contributed by atoms with Gasteiger partial charge in [-0.25, -0.2) is 4.39 Å². The SMILES string of the molecule is FCC(OCC(F)(F)F)C(F)(F)F. The van der Waals surface area contributed by atoms with Crippen molar-refractivity contribution in [2.24, 2.45) is 0 Å². The quantitative estimate of drug-likeness (QED) is 0.655. The average Bonchev–Trinajstić information content (AvgIpc) is 1.82. The van der Waals surface area contributed by atoms with Gasteiger partial charge in [0.05, 0.1) is 0 Å². The van der Waals surface area contributed by atoms with Crippen LogP contribution in [0, 0.1) is 0 Å². The maximum atomic E-state index is 11.6. The number of halogens is 7. The van der Waals surface area contributed by atoms with Crippen molar-refractivity contribution >= 4 is 0 Å². The first-order valence-electron chi connectivity index (χ1n) is 2.98. The Bertz CT molecular complexity index is 148. The normalized spacial score (nSPS) is 15.9. The molecule has 0 bridgehead atoms. The maximum absolute atomic E-state index is 11.6. The van der Waals surface area contributed by atoms with Crippen molar-refractivity contribution in [2.45, 2.75) is 18.5 Å². The monoisotopic (exact) mass is 214 g/mol. The summed E-state index contributed by atoms with van der Waals surface area (Å²) in [5, 5.41) is 0. The highest BCUT2D eigenvalue weighted by molar-refractivity contribution is 4.66. The van der Waals surface area contributed by atoms with Crippen molar-refractivity contribution in [3.05, 3.63) is 0 Å². The summed E-state index contributed by atoms with van der Waals surface area (Å²) in [6, 6.07) is 0. The van der Waals surface area contributed by atoms with Crippen LogP contribution in [0.2, 0.25) is 0 Å². The van der Waals surface area contributed by atoms with Crippen LogP contribution in [-0.4, -0.2) is 31.7 Å². The first-order chi connectivity index (χ1) is 5.67. The Labute approximate surface area is 68.5 Å². The highest BCUT2D eigenvalue weighted by Crippen LogP contribution is 2.25. The van der Waals surface area contributed by atoms with Crippen molar-refractivity contribution < 1.29 is 35.5 Å². The van der Waals surface area contributed by atoms with Gasteiger partial charge in [-0.3, -0.25) is 0 Å². The van der Waals surface area contributed by atoms with Gasteiger partial charge < -0.3 is 4.74 Å². The van der Waals surface area contributed by atoms with Gasteiger partial charge in [0, 0.05) is 0 Å². The summed E-state index contributed by atoms with van der Waals surface area (Å²) in [5.41, 5.74) is 0. The zero-order valence-electron chi connectivity index (χ0n) is 6.05. The molecule has 0 fully saturated rings. The number of alkyl halides is 7. The largest absolute Gasteiger partial charge is 0.417 e. The molecule has 0 amide bonds. The molecule has 0 N–H and O–H groups in total. The van der Waals surface area contributed by atoms with E-state index in [0.717, 1.165) is 0 Å². The lowest BCUT2D eigenvalue weighted by Gasteiger charge is -2.18. The number of rotatable bonds is 3. The summed E-state index contributed by atoms with van der Waals surface area (Å²) in [4.78, 5) is 0. The van der Waals surface area contributed by atoms with Crippen LogP contribution in [0.3, 0.4) is 0 Å². The highest BCUT2D eigenvalue weighted by Gasteiger charge is 2.43. The highest BCUT2D eigenvalue weighted by atomic mass is 19.4. The molecule has 0 heterocycles. The van der Waals surface area contributed by atoms with Gasteiger partial charge in [-0.05, 0) is 0 Å². The van der Waals surface area contributed by atoms with E-state index in [9.17, 15) is 30.7 Å². The molecule has 0 saturated carbocycles. The zero-order valence-corrected chi connectivity index (χ0v) is 6.05. The lowest BCUT2D eigenvalue weighted by molar-refractivity contribution is -0.257. The predicted molar refractivity (Wildman–Crippen MR) is 27.8 cm³/mol. The van der Waals surface area contributed by atoms with E-state index < -0.39 is 31.7 Å². The van der Waals surface area contributed by atoms with Crippen LogP contribution < -0.4 is 0 Å². The molecule has 1 unspecified atom stereocenters. The third kappa shape index (κ3) is 5.67. The summed E-state index contributed by atoms with van der Waals surface area (Å²) in [6.07, 6.45) is -13.0. The van der Waals surface area contributed by atoms with E-state index in [1.54, 1.807) is 0 Å². The lowest BCUT2D eigenvalue weighted by atomic mass is 10.4. The summed E-state index contributed by atoms with van der Waals surface area (Å²) < 4.78 is 83.5. The van der Waals surface area contributed by atoms with Gasteiger partial charge in [-0.15, -0.1) is 0 Å². The average molecular weight is 214 g/mol. The van der Waals surface area contributed by atoms with Gasteiger partial charge in [-0.2, -0.15) is 26.3 Å². The molecule has 0 aromatic carbocycles. The minimum absolute atomic E-state index is 2.03. The minimum Gasteiger partial charge on any atom is -0.357 e. The third-order valence-electron chi connectivity index (χ3n) is 0.953. The zero-order chi connectivity index (χ0) is 10.7. The Balaban J connectivity index is 4.02. The molecule has 13 heavy (non-hydrogen) atoms. The second kappa shape index (κ2) is 4.12. The lowest BCUT2D eigenvalue weighted by Crippen LogP contribution is -2.36. The molecule has 8 heteroatoms. The Morgan fingerprint density at radius 1 is 1.00 bits per heavy atom. The topological polar surface area (TPSA) is 9.23 Å². The minimum atomic E-state index is -5.11. The molecule has 0 saturated heterocycles. The molecular formula is C5H5F7O. The van der Waals surface area contributed by atoms with Crippen LogP contribution in [0.25, 0.3) is 0 Å². The van der Waals surface area contributed by atoms with Crippen LogP contribution in [0.1, 0.15) is 0 Å². The van der Waals surface area contributed by atoms with Gasteiger partial charge in [0.25, 0.3) is 0 Å². The van der Waals surface area contributed by atoms with Gasteiger partial charge in [0.2, 0.25) is 0 Å². The van der Waals surface area contributed by atoms with Gasteiger partial charge in [-0.1, -0.05) is 0 Å². The van der Waals surface area contributed by atoms with Crippen molar-refractivity contribution in [1.29, 1.82) is 0 Å². The van der Waals surface area contributed by atoms with E-state index in [2.05, 4.69) is 4.74 Å². The fourth-order valence-corrected chi connectivity index (χ4v) is 0.422. The summed E-state index contributed by atoms with van der Waals surface area (Å²) in [7, 11) is 0. The Morgan fingerprint density at radius 2 is 1.46 bits per heavy atom. The third-order valence-corrected chi connectivity index (χ3v) is 0.953. The first-order valence-corrected chi connectivity index (χ1v) is 2.98. The molecule has 0 spiro atoms. The molecule has 1 atom stereocenters. The van der Waals surface area contributed by atoms with Gasteiger partial charge >= 0.3 is 12.4 Å². The molecule has 0 aliphatic heterocycles. The molecule has 0 radical (unpaired) electrons. The smallest absolute Gasteiger partial charge is 0.357 e. The number of hydrogen-bond acceptors (Lipinski definition) is 1. The van der Waals surface area contributed by atoms with E-state index in [1.165, 1.54) is 0 Å². The fraction of sp³-hybridized carbons (Fsp3) is 1.00. The Kier molecular flexibility index (Phi) is 3.95. The van der Waals surface area contributed by atoms with Crippen molar-refractivity contribution in [2.75, 3.05) is 13.3 Å². The molecule has 0 aliphatic carbocycles. The predicted octanol–water partition coefficient (Wildman–Crippen LogP) is 2.47. The Hall–Kier alpha value is -0.530. The second-order valence-electron chi connectivity index (χ2n) is 2.11. The molecule has 0 aliphatic rings. The van der Waals surface area contributed by atoms with Gasteiger partial charge in [0.15, 0.2) is 6.10 Å². The second-order valence-corrected chi connectivity index (χ2v) is 2.11. The molecule has 0 aromatic heterocycles. The molecule has 0 aromatic rings. The maximum Gasteiger partial charge on any atom is 0.417 e. The molecule has 0 rings (SSSR count). The van der Waals surface area contributed by atoms with E-state index in [1.807, 2.05) is 0 Å². The van der Waals surface area contributed by atoms with E-state index in [-0.39, 0.29) is 0 Å².